The second-order valence-electron chi connectivity index (χ2n) is 9.08. The van der Waals surface area contributed by atoms with Gasteiger partial charge in [0.15, 0.2) is 0 Å². The number of halogens is 4. The minimum atomic E-state index is -3.31. The highest BCUT2D eigenvalue weighted by molar-refractivity contribution is 7.58. The van der Waals surface area contributed by atoms with Crippen LogP contribution in [0.2, 0.25) is 20.1 Å². The van der Waals surface area contributed by atoms with E-state index in [-0.39, 0.29) is 49.8 Å². The summed E-state index contributed by atoms with van der Waals surface area (Å²) in [6, 6.07) is 4.10. The molecule has 0 amide bonds. The molecule has 0 N–H and O–H groups in total. The molecule has 2 aromatic carbocycles. The summed E-state index contributed by atoms with van der Waals surface area (Å²) in [7, 11) is -3.31. The predicted octanol–water partition coefficient (Wildman–Crippen LogP) is 9.45. The third-order valence-electron chi connectivity index (χ3n) is 4.73. The molecule has 9 heteroatoms. The Morgan fingerprint density at radius 2 is 1.10 bits per heavy atom. The van der Waals surface area contributed by atoms with Crippen LogP contribution >= 0.6 is 54.6 Å². The molecule has 2 aliphatic rings. The molecule has 164 valence electrons. The summed E-state index contributed by atoms with van der Waals surface area (Å²) >= 11 is 24.9. The lowest BCUT2D eigenvalue weighted by atomic mass is 9.80. The standard InChI is InChI=1S/C20H20Cl4O4P.CH4/c1-19(2,3)9-7-10(20(4,5)6)16-11(8-9)25-29(26-16)27-17-14(23)12(21)13(22)15(24)18(17)28-29;/h7-8H,1-6H3;1H4/q+1;. The van der Waals surface area contributed by atoms with Crippen LogP contribution in [0.1, 0.15) is 60.1 Å². The third kappa shape index (κ3) is 3.69. The van der Waals surface area contributed by atoms with Gasteiger partial charge in [-0.25, -0.2) is 18.1 Å². The number of rotatable bonds is 0. The van der Waals surface area contributed by atoms with Gasteiger partial charge < -0.3 is 0 Å². The van der Waals surface area contributed by atoms with E-state index < -0.39 is 8.17 Å². The van der Waals surface area contributed by atoms with Gasteiger partial charge in [0.1, 0.15) is 10.0 Å². The molecule has 0 aliphatic carbocycles. The van der Waals surface area contributed by atoms with Gasteiger partial charge >= 0.3 is 8.17 Å². The van der Waals surface area contributed by atoms with Crippen LogP contribution < -0.4 is 18.1 Å². The van der Waals surface area contributed by atoms with E-state index >= 15 is 0 Å². The van der Waals surface area contributed by atoms with Crippen molar-refractivity contribution in [3.63, 3.8) is 0 Å². The monoisotopic (exact) mass is 511 g/mol. The molecule has 4 nitrogen and oxygen atoms in total. The van der Waals surface area contributed by atoms with Crippen LogP contribution in [0.4, 0.5) is 0 Å². The van der Waals surface area contributed by atoms with Crippen molar-refractivity contribution in [1.82, 2.24) is 0 Å². The van der Waals surface area contributed by atoms with Crippen LogP contribution in [0.3, 0.4) is 0 Å². The van der Waals surface area contributed by atoms with Gasteiger partial charge in [-0.05, 0) is 22.5 Å². The average Bonchev–Trinajstić information content (AvgIpc) is 3.15. The summed E-state index contributed by atoms with van der Waals surface area (Å²) in [4.78, 5) is 0. The zero-order chi connectivity index (χ0) is 21.5. The maximum atomic E-state index is 6.30. The Kier molecular flexibility index (Phi) is 5.88. The molecule has 0 radical (unpaired) electrons. The molecule has 0 atom stereocenters. The predicted molar refractivity (Wildman–Crippen MR) is 126 cm³/mol. The SMILES string of the molecule is C.CC(C)(C)c1cc2c(c(C(C)(C)C)c1)O[P+]1(O2)Oc2c(Cl)c(Cl)c(Cl)c(Cl)c2O1. The fourth-order valence-electron chi connectivity index (χ4n) is 3.08. The van der Waals surface area contributed by atoms with E-state index in [0.29, 0.717) is 11.5 Å². The highest BCUT2D eigenvalue weighted by atomic mass is 35.5. The fraction of sp³-hybridized carbons (Fsp3) is 0.429. The molecule has 2 aromatic rings. The summed E-state index contributed by atoms with van der Waals surface area (Å²) in [5.41, 5.74) is 1.83. The smallest absolute Gasteiger partial charge is 0.237 e. The Morgan fingerprint density at radius 1 is 0.633 bits per heavy atom. The van der Waals surface area contributed by atoms with E-state index in [4.69, 9.17) is 64.5 Å². The molecule has 0 unspecified atom stereocenters. The van der Waals surface area contributed by atoms with E-state index in [1.807, 2.05) is 6.07 Å². The lowest BCUT2D eigenvalue weighted by Gasteiger charge is -2.24. The zero-order valence-electron chi connectivity index (χ0n) is 16.7. The van der Waals surface area contributed by atoms with E-state index in [2.05, 4.69) is 47.6 Å². The topological polar surface area (TPSA) is 36.9 Å². The first-order valence-electron chi connectivity index (χ1n) is 8.96. The van der Waals surface area contributed by atoms with Crippen molar-refractivity contribution in [2.75, 3.05) is 0 Å². The van der Waals surface area contributed by atoms with Gasteiger partial charge in [-0.3, -0.25) is 0 Å². The molecular weight excluding hydrogens is 489 g/mol. The molecule has 1 spiro atoms. The zero-order valence-corrected chi connectivity index (χ0v) is 20.7. The van der Waals surface area contributed by atoms with Crippen molar-refractivity contribution in [2.45, 2.75) is 59.8 Å². The number of hydrogen-bond acceptors (Lipinski definition) is 4. The molecule has 4 rings (SSSR count). The fourth-order valence-corrected chi connectivity index (χ4v) is 5.89. The van der Waals surface area contributed by atoms with Crippen molar-refractivity contribution in [3.8, 4) is 23.0 Å². The van der Waals surface area contributed by atoms with Crippen molar-refractivity contribution in [2.24, 2.45) is 0 Å². The summed E-state index contributed by atoms with van der Waals surface area (Å²) in [6.07, 6.45) is 0. The van der Waals surface area contributed by atoms with Crippen LogP contribution in [-0.4, -0.2) is 0 Å². The largest absolute Gasteiger partial charge is 0.767 e. The Hall–Kier alpha value is -0.770. The van der Waals surface area contributed by atoms with Crippen LogP contribution in [-0.2, 0) is 10.8 Å². The van der Waals surface area contributed by atoms with Gasteiger partial charge in [0.2, 0.25) is 11.5 Å². The van der Waals surface area contributed by atoms with Gasteiger partial charge in [-0.1, -0.05) is 101 Å². The molecule has 0 bridgehead atoms. The molecule has 0 aromatic heterocycles. The number of hydrogen-bond donors (Lipinski definition) is 0. The highest BCUT2D eigenvalue weighted by Gasteiger charge is 2.68. The molecule has 0 fully saturated rings. The van der Waals surface area contributed by atoms with E-state index in [1.54, 1.807) is 0 Å². The van der Waals surface area contributed by atoms with Crippen LogP contribution in [0, 0.1) is 0 Å². The van der Waals surface area contributed by atoms with Crippen molar-refractivity contribution < 1.29 is 18.1 Å². The van der Waals surface area contributed by atoms with Gasteiger partial charge in [-0.15, -0.1) is 0 Å². The summed E-state index contributed by atoms with van der Waals surface area (Å²) in [5.74, 6) is 1.49. The molecule has 0 saturated carbocycles. The molecular formula is C21H24Cl4O4P+. The molecule has 2 heterocycles. The van der Waals surface area contributed by atoms with E-state index in [0.717, 1.165) is 11.1 Å². The quantitative estimate of drug-likeness (QED) is 0.200. The summed E-state index contributed by atoms with van der Waals surface area (Å²) < 4.78 is 24.3. The van der Waals surface area contributed by atoms with Crippen LogP contribution in [0.5, 0.6) is 23.0 Å². The minimum Gasteiger partial charge on any atom is -0.237 e. The van der Waals surface area contributed by atoms with Crippen LogP contribution in [0.15, 0.2) is 12.1 Å². The third-order valence-corrected chi connectivity index (χ3v) is 8.14. The minimum absolute atomic E-state index is 0. The van der Waals surface area contributed by atoms with Crippen molar-refractivity contribution >= 4 is 54.6 Å². The van der Waals surface area contributed by atoms with Gasteiger partial charge in [-0.2, -0.15) is 0 Å². The first kappa shape index (κ1) is 23.9. The van der Waals surface area contributed by atoms with Crippen molar-refractivity contribution in [1.29, 1.82) is 0 Å². The van der Waals surface area contributed by atoms with Gasteiger partial charge in [0.05, 0.1) is 10.0 Å². The maximum absolute atomic E-state index is 6.30. The van der Waals surface area contributed by atoms with Crippen LogP contribution in [0.25, 0.3) is 0 Å². The molecule has 2 aliphatic heterocycles. The Labute approximate surface area is 198 Å². The van der Waals surface area contributed by atoms with Gasteiger partial charge in [0.25, 0.3) is 11.5 Å². The average molecular weight is 513 g/mol. The highest BCUT2D eigenvalue weighted by Crippen LogP contribution is 2.76. The summed E-state index contributed by atoms with van der Waals surface area (Å²) in [5, 5.41) is 0.371. The molecule has 30 heavy (non-hydrogen) atoms. The lowest BCUT2D eigenvalue weighted by Crippen LogP contribution is -2.16. The summed E-state index contributed by atoms with van der Waals surface area (Å²) in [6.45, 7) is 12.8. The Morgan fingerprint density at radius 3 is 1.53 bits per heavy atom. The Bertz CT molecular complexity index is 1000. The lowest BCUT2D eigenvalue weighted by molar-refractivity contribution is 0.332. The first-order chi connectivity index (χ1) is 13.2. The van der Waals surface area contributed by atoms with Gasteiger partial charge in [0, 0.05) is 5.56 Å². The van der Waals surface area contributed by atoms with E-state index in [9.17, 15) is 0 Å². The number of fused-ring (bicyclic) bond motifs is 2. The maximum Gasteiger partial charge on any atom is 0.767 e. The van der Waals surface area contributed by atoms with E-state index in [1.165, 1.54) is 0 Å². The normalized spacial score (nSPS) is 16.1. The molecule has 0 saturated heterocycles. The second kappa shape index (κ2) is 7.39. The first-order valence-corrected chi connectivity index (χ1v) is 11.9. The van der Waals surface area contributed by atoms with Crippen molar-refractivity contribution in [3.05, 3.63) is 43.4 Å². The number of benzene rings is 2. The Balaban J connectivity index is 0.00000256. The second-order valence-corrected chi connectivity index (χ2v) is 12.2.